The van der Waals surface area contributed by atoms with Crippen molar-refractivity contribution in [3.05, 3.63) is 87.9 Å². The lowest BCUT2D eigenvalue weighted by atomic mass is 9.95. The quantitative estimate of drug-likeness (QED) is 0.0899. The van der Waals surface area contributed by atoms with E-state index in [-0.39, 0.29) is 17.7 Å². The maximum Gasteiger partial charge on any atom is 0.337 e. The zero-order valence-electron chi connectivity index (χ0n) is 25.0. The summed E-state index contributed by atoms with van der Waals surface area (Å²) in [4.78, 5) is 35.8. The average molecular weight is 606 g/mol. The summed E-state index contributed by atoms with van der Waals surface area (Å²) in [5.41, 5.74) is 7.50. The Morgan fingerprint density at radius 2 is 1.82 bits per heavy atom. The van der Waals surface area contributed by atoms with Crippen molar-refractivity contribution >= 4 is 24.2 Å². The fourth-order valence-electron chi connectivity index (χ4n) is 4.88. The highest BCUT2D eigenvalue weighted by Gasteiger charge is 2.32. The number of amides is 2. The van der Waals surface area contributed by atoms with Crippen LogP contribution in [0.1, 0.15) is 52.8 Å². The molecule has 0 saturated heterocycles. The second-order valence-electron chi connectivity index (χ2n) is 9.93. The van der Waals surface area contributed by atoms with Gasteiger partial charge in [-0.2, -0.15) is 5.10 Å². The van der Waals surface area contributed by atoms with Crippen LogP contribution in [0.2, 0.25) is 0 Å². The minimum Gasteiger partial charge on any atom is -0.490 e. The predicted molar refractivity (Wildman–Crippen MR) is 161 cm³/mol. The van der Waals surface area contributed by atoms with Gasteiger partial charge in [-0.3, -0.25) is 5.43 Å². The van der Waals surface area contributed by atoms with Gasteiger partial charge < -0.3 is 39.6 Å². The number of aliphatic hydroxyl groups is 1. The molecule has 1 aromatic heterocycles. The van der Waals surface area contributed by atoms with Crippen LogP contribution in [0.5, 0.6) is 11.5 Å². The highest BCUT2D eigenvalue weighted by atomic mass is 16.5. The number of methoxy groups -OCH3 is 1. The fraction of sp³-hybridized carbons (Fsp3) is 0.290. The van der Waals surface area contributed by atoms with Gasteiger partial charge in [0.15, 0.2) is 17.7 Å². The van der Waals surface area contributed by atoms with Gasteiger partial charge in [0.1, 0.15) is 6.61 Å². The average Bonchev–Trinajstić information content (AvgIpc) is 3.28. The largest absolute Gasteiger partial charge is 0.490 e. The first-order valence-corrected chi connectivity index (χ1v) is 13.8. The molecule has 4 rings (SSSR count). The summed E-state index contributed by atoms with van der Waals surface area (Å²) in [6.45, 7) is 7.43. The molecule has 1 aliphatic heterocycles. The lowest BCUT2D eigenvalue weighted by molar-refractivity contribution is -0.136. The molecule has 0 unspecified atom stereocenters. The molecule has 3 aromatic rings. The number of carbonyl (C=O) groups excluding carboxylic acids is 2. The number of nitrogens with one attached hydrogen (secondary N) is 3. The maximum absolute atomic E-state index is 12.4. The van der Waals surface area contributed by atoms with E-state index in [1.54, 1.807) is 62.5 Å². The number of aromatic carboxylic acids is 1. The highest BCUT2D eigenvalue weighted by molar-refractivity contribution is 5.95. The van der Waals surface area contributed by atoms with Crippen molar-refractivity contribution in [2.45, 2.75) is 40.0 Å². The number of ether oxygens (including phenoxy) is 3. The van der Waals surface area contributed by atoms with Crippen LogP contribution in [0.4, 0.5) is 4.79 Å². The lowest BCUT2D eigenvalue weighted by Gasteiger charge is -2.28. The Morgan fingerprint density at radius 1 is 1.09 bits per heavy atom. The molecule has 0 bridgehead atoms. The van der Waals surface area contributed by atoms with E-state index in [0.717, 1.165) is 22.6 Å². The molecule has 5 N–H and O–H groups in total. The summed E-state index contributed by atoms with van der Waals surface area (Å²) in [6, 6.07) is 12.3. The Morgan fingerprint density at radius 3 is 2.48 bits per heavy atom. The van der Waals surface area contributed by atoms with Crippen LogP contribution in [-0.4, -0.2) is 65.5 Å². The number of hydrazone groups is 1. The number of carboxylic acid groups (broad SMARTS) is 1. The number of hydrogen-bond donors (Lipinski definition) is 5. The van der Waals surface area contributed by atoms with Crippen LogP contribution in [0.25, 0.3) is 5.69 Å². The van der Waals surface area contributed by atoms with Crippen LogP contribution in [0, 0.1) is 13.8 Å². The van der Waals surface area contributed by atoms with E-state index in [4.69, 9.17) is 19.3 Å². The van der Waals surface area contributed by atoms with Gasteiger partial charge in [-0.25, -0.2) is 14.4 Å². The Kier molecular flexibility index (Phi) is 9.91. The Labute approximate surface area is 254 Å². The second-order valence-corrected chi connectivity index (χ2v) is 9.93. The molecule has 0 saturated carbocycles. The topological polar surface area (TPSA) is 173 Å². The number of carboxylic acids is 1. The number of aryl methyl sites for hydroxylation is 1. The van der Waals surface area contributed by atoms with Gasteiger partial charge in [-0.1, -0.05) is 6.07 Å². The third-order valence-corrected chi connectivity index (χ3v) is 6.94. The van der Waals surface area contributed by atoms with Crippen LogP contribution in [0.3, 0.4) is 0 Å². The molecular formula is C31H35N5O8. The molecule has 1 aliphatic rings. The van der Waals surface area contributed by atoms with Gasteiger partial charge in [-0.05, 0) is 75.7 Å². The van der Waals surface area contributed by atoms with Gasteiger partial charge in [0.05, 0.1) is 37.1 Å². The van der Waals surface area contributed by atoms with Gasteiger partial charge in [-0.15, -0.1) is 0 Å². The number of nitrogens with zero attached hydrogens (tertiary/aromatic N) is 2. The SMILES string of the molecule is CCOc1cc([C@@H]2NC(=O)NC(C)=C2C(=O)OC)ccc1OC[C@H](O)N/N=C\c1cc(C)n(-c2ccc(C(=O)O)cc2)c1C. The van der Waals surface area contributed by atoms with Crippen molar-refractivity contribution < 1.29 is 38.8 Å². The molecule has 0 fully saturated rings. The third kappa shape index (κ3) is 7.01. The minimum absolute atomic E-state index is 0.164. The summed E-state index contributed by atoms with van der Waals surface area (Å²) in [5.74, 6) is -0.860. The summed E-state index contributed by atoms with van der Waals surface area (Å²) < 4.78 is 18.4. The zero-order valence-corrected chi connectivity index (χ0v) is 25.0. The number of rotatable bonds is 12. The van der Waals surface area contributed by atoms with E-state index in [1.165, 1.54) is 7.11 Å². The van der Waals surface area contributed by atoms with Crippen molar-refractivity contribution in [2.75, 3.05) is 20.3 Å². The second kappa shape index (κ2) is 13.8. The number of carbonyl (C=O) groups is 3. The number of esters is 1. The Bertz CT molecular complexity index is 1610. The molecular weight excluding hydrogens is 570 g/mol. The van der Waals surface area contributed by atoms with E-state index in [1.807, 2.05) is 24.5 Å². The number of aliphatic hydroxyl groups excluding tert-OH is 1. The first-order valence-electron chi connectivity index (χ1n) is 13.8. The molecule has 13 nitrogen and oxygen atoms in total. The highest BCUT2D eigenvalue weighted by Crippen LogP contribution is 2.35. The van der Waals surface area contributed by atoms with Crippen LogP contribution < -0.4 is 25.5 Å². The number of urea groups is 1. The number of benzene rings is 2. The van der Waals surface area contributed by atoms with Gasteiger partial charge >= 0.3 is 18.0 Å². The molecule has 0 radical (unpaired) electrons. The fourth-order valence-corrected chi connectivity index (χ4v) is 4.88. The summed E-state index contributed by atoms with van der Waals surface area (Å²) in [6.07, 6.45) is 0.420. The van der Waals surface area contributed by atoms with E-state index >= 15 is 0 Å². The molecule has 232 valence electrons. The van der Waals surface area contributed by atoms with Crippen molar-refractivity contribution in [1.82, 2.24) is 20.6 Å². The molecule has 0 aliphatic carbocycles. The maximum atomic E-state index is 12.4. The predicted octanol–water partition coefficient (Wildman–Crippen LogP) is 3.31. The smallest absolute Gasteiger partial charge is 0.337 e. The van der Waals surface area contributed by atoms with Crippen LogP contribution in [0.15, 0.2) is 64.9 Å². The van der Waals surface area contributed by atoms with E-state index in [2.05, 4.69) is 21.2 Å². The summed E-state index contributed by atoms with van der Waals surface area (Å²) in [7, 11) is 1.27. The Hall–Kier alpha value is -5.30. The molecule has 2 heterocycles. The number of hydrogen-bond acceptors (Lipinski definition) is 9. The minimum atomic E-state index is -1.16. The molecule has 2 aromatic carbocycles. The van der Waals surface area contributed by atoms with E-state index in [0.29, 0.717) is 29.4 Å². The first kappa shape index (κ1) is 31.6. The number of allylic oxidation sites excluding steroid dienone is 1. The van der Waals surface area contributed by atoms with Gasteiger partial charge in [0.2, 0.25) is 0 Å². The number of aromatic nitrogens is 1. The lowest BCUT2D eigenvalue weighted by Crippen LogP contribution is -2.45. The van der Waals surface area contributed by atoms with Crippen molar-refractivity contribution in [1.29, 1.82) is 0 Å². The molecule has 13 heteroatoms. The summed E-state index contributed by atoms with van der Waals surface area (Å²) in [5, 5.41) is 29.1. The zero-order chi connectivity index (χ0) is 32.0. The van der Waals surface area contributed by atoms with Crippen LogP contribution >= 0.6 is 0 Å². The monoisotopic (exact) mass is 605 g/mol. The molecule has 2 amide bonds. The standard InChI is InChI=1S/C31H35N5O8/c1-6-43-25-14-21(28-27(30(40)42-5)18(3)33-31(41)34-28)9-12-24(25)44-16-26(37)35-32-15-22-13-17(2)36(19(22)4)23-10-7-20(8-11-23)29(38)39/h7-15,26,28,35,37H,6,16H2,1-5H3,(H,38,39)(H2,33,34,41)/b32-15-/t26-,28-/m0/s1. The normalized spacial score (nSPS) is 15.4. The first-order chi connectivity index (χ1) is 21.0. The molecule has 2 atom stereocenters. The molecule has 44 heavy (non-hydrogen) atoms. The van der Waals surface area contributed by atoms with Gasteiger partial charge in [0, 0.05) is 28.3 Å². The van der Waals surface area contributed by atoms with Crippen molar-refractivity contribution in [2.24, 2.45) is 5.10 Å². The molecule has 0 spiro atoms. The summed E-state index contributed by atoms with van der Waals surface area (Å²) >= 11 is 0. The van der Waals surface area contributed by atoms with Crippen LogP contribution in [-0.2, 0) is 9.53 Å². The van der Waals surface area contributed by atoms with Crippen molar-refractivity contribution in [3.8, 4) is 17.2 Å². The van der Waals surface area contributed by atoms with Crippen molar-refractivity contribution in [3.63, 3.8) is 0 Å². The Balaban J connectivity index is 1.42. The van der Waals surface area contributed by atoms with E-state index < -0.39 is 30.2 Å². The van der Waals surface area contributed by atoms with E-state index in [9.17, 15) is 19.5 Å². The van der Waals surface area contributed by atoms with Gasteiger partial charge in [0.25, 0.3) is 0 Å². The third-order valence-electron chi connectivity index (χ3n) is 6.94.